The van der Waals surface area contributed by atoms with Crippen LogP contribution in [0.1, 0.15) is 99.8 Å². The Bertz CT molecular complexity index is 2720. The van der Waals surface area contributed by atoms with Crippen LogP contribution in [0.25, 0.3) is 10.6 Å². The highest BCUT2D eigenvalue weighted by Crippen LogP contribution is 2.44. The first-order chi connectivity index (χ1) is 34.3. The Morgan fingerprint density at radius 2 is 1.46 bits per heavy atom. The van der Waals surface area contributed by atoms with Crippen LogP contribution in [0.2, 0.25) is 10.0 Å². The maximum atomic E-state index is 12.6. The number of thiophene rings is 1. The van der Waals surface area contributed by atoms with Crippen LogP contribution in [0.15, 0.2) is 119 Å². The average Bonchev–Trinajstić information content (AvgIpc) is 4.03. The Hall–Kier alpha value is -4.78. The van der Waals surface area contributed by atoms with Gasteiger partial charge in [-0.1, -0.05) is 77.4 Å². The fourth-order valence-corrected chi connectivity index (χ4v) is 12.0. The maximum Gasteiger partial charge on any atom is 0.433 e. The van der Waals surface area contributed by atoms with Crippen molar-refractivity contribution in [1.29, 1.82) is 0 Å². The molecule has 0 spiro atoms. The van der Waals surface area contributed by atoms with E-state index in [1.807, 2.05) is 48.5 Å². The van der Waals surface area contributed by atoms with E-state index in [1.54, 1.807) is 0 Å². The molecule has 384 valence electrons. The lowest BCUT2D eigenvalue weighted by Crippen LogP contribution is -2.56. The van der Waals surface area contributed by atoms with Crippen LogP contribution in [-0.4, -0.2) is 99.1 Å². The Balaban J connectivity index is 0.000000177. The number of aromatic carboxylic acids is 1. The molecule has 72 heavy (non-hydrogen) atoms. The van der Waals surface area contributed by atoms with Gasteiger partial charge in [-0.05, 0) is 156 Å². The van der Waals surface area contributed by atoms with Gasteiger partial charge < -0.3 is 26.2 Å². The number of alkyl halides is 3. The number of likely N-dealkylation sites (N-methyl/N-ethyl adjacent to an activating group) is 1. The maximum absolute atomic E-state index is 12.6. The molecule has 1 amide bonds. The Labute approximate surface area is 438 Å². The Morgan fingerprint density at radius 1 is 0.847 bits per heavy atom. The minimum atomic E-state index is -4.48. The third kappa shape index (κ3) is 14.3. The lowest BCUT2D eigenvalue weighted by atomic mass is 9.71. The van der Waals surface area contributed by atoms with Crippen molar-refractivity contribution in [2.24, 2.45) is 18.5 Å². The first-order valence-corrected chi connectivity index (χ1v) is 26.4. The SMILES string of the molecule is CN(C)C1(Cc2ccc(Cl)cc2)CCC(N)CC1.Cn1nc(-c2ccc(C(=O)O)s2)cc1C(F)(F)F.NC(=O)c1ccc(C2CCC(Cc3ccccc3)(N3CCOCC3)CC2)nc1Sc1ccc(Cl)cc1. The number of aryl methyl sites for hydroxylation is 1. The van der Waals surface area contributed by atoms with Gasteiger partial charge >= 0.3 is 12.1 Å². The summed E-state index contributed by atoms with van der Waals surface area (Å²) in [5, 5.41) is 14.6. The summed E-state index contributed by atoms with van der Waals surface area (Å²) in [4.78, 5) is 34.3. The van der Waals surface area contributed by atoms with Gasteiger partial charge in [0.05, 0.1) is 23.7 Å². The van der Waals surface area contributed by atoms with Crippen LogP contribution in [0.3, 0.4) is 0 Å². The molecule has 1 saturated heterocycles. The molecule has 4 heterocycles. The topological polar surface area (TPSA) is 153 Å². The molecule has 3 aliphatic rings. The number of aromatic nitrogens is 3. The number of amides is 1. The normalized spacial score (nSPS) is 21.5. The second-order valence-corrected chi connectivity index (χ2v) is 22.1. The number of morpholine rings is 1. The van der Waals surface area contributed by atoms with Gasteiger partial charge in [0.1, 0.15) is 21.3 Å². The molecule has 11 nitrogen and oxygen atoms in total. The standard InChI is InChI=1S/C29H32ClN3O2S.C15H23ClN2.C10H7F3N2O2S/c30-23-6-8-24(9-7-23)36-28-25(27(31)34)10-11-26(32-28)22-12-14-29(15-13-22,33-16-18-35-19-17-33)20-21-4-2-1-3-5-21;1-18(2)15(9-7-14(17)8-10-15)11-12-3-5-13(16)6-4-12;1-15-8(10(11,12)13)4-5(14-15)6-2-3-7(18-6)9(16)17/h1-11,22H,12-20H2,(H2,31,34);3-6,14H,7-11,17H2,1-2H3;2-4H,1H3,(H,16,17). The van der Waals surface area contributed by atoms with Gasteiger partial charge in [-0.25, -0.2) is 9.78 Å². The number of benzene rings is 3. The number of pyridine rings is 1. The van der Waals surface area contributed by atoms with E-state index in [1.165, 1.54) is 54.9 Å². The highest BCUT2D eigenvalue weighted by molar-refractivity contribution is 7.99. The van der Waals surface area contributed by atoms with Crippen molar-refractivity contribution in [3.8, 4) is 10.6 Å². The van der Waals surface area contributed by atoms with Crippen LogP contribution >= 0.6 is 46.3 Å². The van der Waals surface area contributed by atoms with Crippen molar-refractivity contribution in [1.82, 2.24) is 24.6 Å². The van der Waals surface area contributed by atoms with E-state index in [9.17, 15) is 22.8 Å². The molecule has 6 aromatic rings. The quantitative estimate of drug-likeness (QED) is 0.108. The van der Waals surface area contributed by atoms with Gasteiger partial charge in [-0.2, -0.15) is 18.3 Å². The van der Waals surface area contributed by atoms with E-state index in [4.69, 9.17) is 49.5 Å². The number of hydrogen-bond donors (Lipinski definition) is 3. The summed E-state index contributed by atoms with van der Waals surface area (Å²) in [6.45, 7) is 3.60. The van der Waals surface area contributed by atoms with Gasteiger partial charge in [0, 0.05) is 63.8 Å². The van der Waals surface area contributed by atoms with Crippen molar-refractivity contribution in [3.63, 3.8) is 0 Å². The number of primary amides is 1. The van der Waals surface area contributed by atoms with Gasteiger partial charge in [0.15, 0.2) is 0 Å². The number of carboxylic acids is 1. The van der Waals surface area contributed by atoms with Gasteiger partial charge in [0.2, 0.25) is 0 Å². The second kappa shape index (κ2) is 24.5. The summed E-state index contributed by atoms with van der Waals surface area (Å²) < 4.78 is 44.1. The molecule has 1 aliphatic heterocycles. The molecular weight excluding hydrogens is 1000 g/mol. The monoisotopic (exact) mass is 1060 g/mol. The highest BCUT2D eigenvalue weighted by atomic mass is 35.5. The number of carbonyl (C=O) groups excluding carboxylic acids is 1. The molecule has 2 saturated carbocycles. The smallest absolute Gasteiger partial charge is 0.433 e. The van der Waals surface area contributed by atoms with Gasteiger partial charge in [-0.3, -0.25) is 14.4 Å². The average molecular weight is 1070 g/mol. The van der Waals surface area contributed by atoms with Crippen LogP contribution in [0.4, 0.5) is 13.2 Å². The third-order valence-electron chi connectivity index (χ3n) is 14.2. The zero-order valence-corrected chi connectivity index (χ0v) is 43.9. The number of carboxylic acid groups (broad SMARTS) is 1. The summed E-state index contributed by atoms with van der Waals surface area (Å²) in [6.07, 6.45) is 6.67. The molecular formula is C54H62Cl2F3N7O4S2. The minimum Gasteiger partial charge on any atom is -0.477 e. The molecule has 5 N–H and O–H groups in total. The molecule has 0 radical (unpaired) electrons. The molecule has 0 bridgehead atoms. The molecule has 18 heteroatoms. The number of nitrogens with two attached hydrogens (primary N) is 2. The van der Waals surface area contributed by atoms with E-state index in [0.29, 0.717) is 32.4 Å². The zero-order chi connectivity index (χ0) is 51.6. The lowest BCUT2D eigenvalue weighted by Gasteiger charge is -2.49. The number of rotatable bonds is 12. The van der Waals surface area contributed by atoms with E-state index in [0.717, 1.165) is 115 Å². The number of carbonyl (C=O) groups is 2. The predicted molar refractivity (Wildman–Crippen MR) is 281 cm³/mol. The van der Waals surface area contributed by atoms with E-state index in [-0.39, 0.29) is 21.6 Å². The lowest BCUT2D eigenvalue weighted by molar-refractivity contribution is -0.143. The summed E-state index contributed by atoms with van der Waals surface area (Å²) in [5.74, 6) is -1.21. The molecule has 3 fully saturated rings. The van der Waals surface area contributed by atoms with E-state index < -0.39 is 23.7 Å². The first-order valence-electron chi connectivity index (χ1n) is 24.1. The Kier molecular flexibility index (Phi) is 18.7. The fourth-order valence-electron chi connectivity index (χ4n) is 10.0. The fraction of sp³-hybridized carbons (Fsp3) is 0.407. The van der Waals surface area contributed by atoms with Gasteiger partial charge in [-0.15, -0.1) is 11.3 Å². The number of halogens is 5. The highest BCUT2D eigenvalue weighted by Gasteiger charge is 2.42. The van der Waals surface area contributed by atoms with Crippen molar-refractivity contribution in [3.05, 3.63) is 152 Å². The van der Waals surface area contributed by atoms with Crippen LogP contribution < -0.4 is 11.5 Å². The van der Waals surface area contributed by atoms with Crippen LogP contribution in [0.5, 0.6) is 0 Å². The molecule has 9 rings (SSSR count). The third-order valence-corrected chi connectivity index (χ3v) is 16.8. The summed E-state index contributed by atoms with van der Waals surface area (Å²) in [6, 6.07) is 34.6. The zero-order valence-electron chi connectivity index (χ0n) is 40.7. The predicted octanol–water partition coefficient (Wildman–Crippen LogP) is 11.9. The summed E-state index contributed by atoms with van der Waals surface area (Å²) in [5.41, 5.74) is 15.6. The minimum absolute atomic E-state index is 0.0595. The molecule has 0 unspecified atom stereocenters. The van der Waals surface area contributed by atoms with E-state index >= 15 is 0 Å². The molecule has 2 aliphatic carbocycles. The van der Waals surface area contributed by atoms with Crippen LogP contribution in [0, 0.1) is 0 Å². The number of nitrogens with zero attached hydrogens (tertiary/aromatic N) is 5. The van der Waals surface area contributed by atoms with Gasteiger partial charge in [0.25, 0.3) is 5.91 Å². The largest absolute Gasteiger partial charge is 0.477 e. The van der Waals surface area contributed by atoms with Crippen molar-refractivity contribution in [2.75, 3.05) is 40.4 Å². The number of ether oxygens (including phenoxy) is 1. The summed E-state index contributed by atoms with van der Waals surface area (Å²) in [7, 11) is 5.57. The molecule has 3 aromatic carbocycles. The van der Waals surface area contributed by atoms with Crippen molar-refractivity contribution >= 4 is 58.2 Å². The Morgan fingerprint density at radius 3 is 2.01 bits per heavy atom. The molecule has 3 aromatic heterocycles. The van der Waals surface area contributed by atoms with Crippen LogP contribution in [-0.2, 0) is 30.8 Å². The molecule has 0 atom stereocenters. The number of hydrogen-bond acceptors (Lipinski definition) is 10. The second-order valence-electron chi connectivity index (χ2n) is 19.0. The van der Waals surface area contributed by atoms with Crippen molar-refractivity contribution in [2.45, 2.75) is 103 Å². The van der Waals surface area contributed by atoms with Crippen molar-refractivity contribution < 1.29 is 32.6 Å². The summed E-state index contributed by atoms with van der Waals surface area (Å²) >= 11 is 14.3. The first kappa shape index (κ1) is 55.0. The van der Waals surface area contributed by atoms with E-state index in [2.05, 4.69) is 71.5 Å².